The van der Waals surface area contributed by atoms with E-state index in [1.54, 1.807) is 0 Å². The van der Waals surface area contributed by atoms with Crippen LogP contribution in [0.25, 0.3) is 0 Å². The largest absolute Gasteiger partial charge is 0.388 e. The third-order valence-electron chi connectivity index (χ3n) is 3.97. The molecule has 0 aliphatic carbocycles. The van der Waals surface area contributed by atoms with Gasteiger partial charge in [-0.05, 0) is 25.3 Å². The van der Waals surface area contributed by atoms with Gasteiger partial charge in [0.2, 0.25) is 5.91 Å². The molecule has 1 amide bonds. The summed E-state index contributed by atoms with van der Waals surface area (Å²) in [5.74, 6) is 0.553. The zero-order chi connectivity index (χ0) is 14.1. The lowest BCUT2D eigenvalue weighted by Crippen LogP contribution is -2.46. The predicted molar refractivity (Wildman–Crippen MR) is 74.7 cm³/mol. The summed E-state index contributed by atoms with van der Waals surface area (Å²) in [4.78, 5) is 11.8. The number of carbonyl (C=O) groups is 1. The van der Waals surface area contributed by atoms with E-state index >= 15 is 0 Å². The summed E-state index contributed by atoms with van der Waals surface area (Å²) >= 11 is 0. The molecule has 5 nitrogen and oxygen atoms in total. The predicted octanol–water partition coefficient (Wildman–Crippen LogP) is 0.799. The molecule has 1 aliphatic heterocycles. The fourth-order valence-corrected chi connectivity index (χ4v) is 2.40. The van der Waals surface area contributed by atoms with E-state index < -0.39 is 5.60 Å². The number of ether oxygens (including phenoxy) is 1. The highest BCUT2D eigenvalue weighted by molar-refractivity contribution is 5.75. The van der Waals surface area contributed by atoms with E-state index in [1.807, 2.05) is 0 Å². The van der Waals surface area contributed by atoms with E-state index in [1.165, 1.54) is 0 Å². The van der Waals surface area contributed by atoms with Crippen LogP contribution in [0.3, 0.4) is 0 Å². The third-order valence-corrected chi connectivity index (χ3v) is 3.97. The van der Waals surface area contributed by atoms with E-state index in [0.717, 1.165) is 19.3 Å². The van der Waals surface area contributed by atoms with Gasteiger partial charge in [0.15, 0.2) is 0 Å². The Morgan fingerprint density at radius 3 is 2.68 bits per heavy atom. The second-order valence-electron chi connectivity index (χ2n) is 5.50. The Kier molecular flexibility index (Phi) is 7.34. The Morgan fingerprint density at radius 2 is 2.11 bits per heavy atom. The molecule has 1 rings (SSSR count). The zero-order valence-corrected chi connectivity index (χ0v) is 12.0. The summed E-state index contributed by atoms with van der Waals surface area (Å²) in [5.41, 5.74) is 4.76. The maximum absolute atomic E-state index is 11.8. The molecule has 4 N–H and O–H groups in total. The first-order valence-corrected chi connectivity index (χ1v) is 7.36. The average molecular weight is 272 g/mol. The van der Waals surface area contributed by atoms with Crippen LogP contribution < -0.4 is 11.1 Å². The van der Waals surface area contributed by atoms with Crippen LogP contribution in [0.2, 0.25) is 0 Å². The van der Waals surface area contributed by atoms with Gasteiger partial charge in [0.1, 0.15) is 0 Å². The van der Waals surface area contributed by atoms with Crippen LogP contribution >= 0.6 is 0 Å². The van der Waals surface area contributed by atoms with E-state index in [0.29, 0.717) is 51.5 Å². The number of nitrogens with two attached hydrogens (primary N) is 1. The van der Waals surface area contributed by atoms with Crippen molar-refractivity contribution >= 4 is 5.91 Å². The van der Waals surface area contributed by atoms with Crippen molar-refractivity contribution in [1.82, 2.24) is 5.32 Å². The summed E-state index contributed by atoms with van der Waals surface area (Å²) in [7, 11) is 0. The van der Waals surface area contributed by atoms with Crippen LogP contribution in [0.15, 0.2) is 0 Å². The Labute approximate surface area is 115 Å². The molecule has 0 saturated carbocycles. The van der Waals surface area contributed by atoms with E-state index in [-0.39, 0.29) is 5.91 Å². The quantitative estimate of drug-likeness (QED) is 0.610. The van der Waals surface area contributed by atoms with Crippen molar-refractivity contribution in [2.24, 2.45) is 11.7 Å². The SMILES string of the molecule is CCC(CCN)CCC(=O)NCC1(O)CCOCC1. The number of carbonyl (C=O) groups excluding carboxylic acids is 1. The first-order valence-electron chi connectivity index (χ1n) is 7.36. The summed E-state index contributed by atoms with van der Waals surface area (Å²) in [6.07, 6.45) is 4.62. The Hall–Kier alpha value is -0.650. The summed E-state index contributed by atoms with van der Waals surface area (Å²) in [6.45, 7) is 4.29. The number of aliphatic hydroxyl groups is 1. The molecule has 1 saturated heterocycles. The molecule has 1 atom stereocenters. The number of rotatable bonds is 8. The van der Waals surface area contributed by atoms with Crippen LogP contribution in [0.5, 0.6) is 0 Å². The smallest absolute Gasteiger partial charge is 0.220 e. The Bertz CT molecular complexity index is 265. The molecule has 0 spiro atoms. The molecule has 0 aromatic carbocycles. The second-order valence-corrected chi connectivity index (χ2v) is 5.50. The highest BCUT2D eigenvalue weighted by Crippen LogP contribution is 2.19. The molecule has 19 heavy (non-hydrogen) atoms. The van der Waals surface area contributed by atoms with Gasteiger partial charge in [-0.15, -0.1) is 0 Å². The summed E-state index contributed by atoms with van der Waals surface area (Å²) in [5, 5.41) is 13.1. The van der Waals surface area contributed by atoms with E-state index in [4.69, 9.17) is 10.5 Å². The molecule has 0 radical (unpaired) electrons. The highest BCUT2D eigenvalue weighted by atomic mass is 16.5. The molecule has 1 fully saturated rings. The highest BCUT2D eigenvalue weighted by Gasteiger charge is 2.29. The van der Waals surface area contributed by atoms with Gasteiger partial charge in [0, 0.05) is 39.0 Å². The van der Waals surface area contributed by atoms with Crippen LogP contribution in [0.1, 0.15) is 45.4 Å². The van der Waals surface area contributed by atoms with Gasteiger partial charge in [-0.1, -0.05) is 13.3 Å². The minimum absolute atomic E-state index is 0.0235. The van der Waals surface area contributed by atoms with Crippen molar-refractivity contribution in [2.45, 2.75) is 51.0 Å². The van der Waals surface area contributed by atoms with Gasteiger partial charge in [-0.25, -0.2) is 0 Å². The van der Waals surface area contributed by atoms with E-state index in [2.05, 4.69) is 12.2 Å². The Morgan fingerprint density at radius 1 is 1.42 bits per heavy atom. The van der Waals surface area contributed by atoms with Gasteiger partial charge in [0.05, 0.1) is 5.60 Å². The molecule has 0 bridgehead atoms. The maximum Gasteiger partial charge on any atom is 0.220 e. The van der Waals surface area contributed by atoms with Gasteiger partial charge >= 0.3 is 0 Å². The average Bonchev–Trinajstić information content (AvgIpc) is 2.42. The normalized spacial score (nSPS) is 19.9. The molecule has 0 aromatic rings. The van der Waals surface area contributed by atoms with Gasteiger partial charge in [-0.2, -0.15) is 0 Å². The van der Waals surface area contributed by atoms with Gasteiger partial charge < -0.3 is 20.9 Å². The fourth-order valence-electron chi connectivity index (χ4n) is 2.40. The van der Waals surface area contributed by atoms with Crippen LogP contribution in [0.4, 0.5) is 0 Å². The lowest BCUT2D eigenvalue weighted by molar-refractivity contribution is -0.124. The molecule has 1 heterocycles. The van der Waals surface area contributed by atoms with E-state index in [9.17, 15) is 9.90 Å². The number of amides is 1. The molecule has 1 aliphatic rings. The standard InChI is InChI=1S/C14H28N2O3/c1-2-12(5-8-15)3-4-13(17)16-11-14(18)6-9-19-10-7-14/h12,18H,2-11,15H2,1H3,(H,16,17). The monoisotopic (exact) mass is 272 g/mol. The zero-order valence-electron chi connectivity index (χ0n) is 12.0. The van der Waals surface area contributed by atoms with Crippen molar-refractivity contribution in [3.05, 3.63) is 0 Å². The maximum atomic E-state index is 11.8. The van der Waals surface area contributed by atoms with Crippen LogP contribution in [-0.4, -0.2) is 42.9 Å². The van der Waals surface area contributed by atoms with Crippen molar-refractivity contribution in [3.63, 3.8) is 0 Å². The first kappa shape index (κ1) is 16.4. The topological polar surface area (TPSA) is 84.6 Å². The molecule has 112 valence electrons. The fraction of sp³-hybridized carbons (Fsp3) is 0.929. The van der Waals surface area contributed by atoms with Crippen LogP contribution in [0, 0.1) is 5.92 Å². The lowest BCUT2D eigenvalue weighted by atomic mass is 9.94. The molecular formula is C14H28N2O3. The lowest BCUT2D eigenvalue weighted by Gasteiger charge is -2.32. The van der Waals surface area contributed by atoms with Crippen molar-refractivity contribution in [3.8, 4) is 0 Å². The summed E-state index contributed by atoms with van der Waals surface area (Å²) < 4.78 is 5.21. The third kappa shape index (κ3) is 6.36. The second kappa shape index (κ2) is 8.51. The Balaban J connectivity index is 2.19. The van der Waals surface area contributed by atoms with Crippen LogP contribution in [-0.2, 0) is 9.53 Å². The van der Waals surface area contributed by atoms with Crippen molar-refractivity contribution in [2.75, 3.05) is 26.3 Å². The molecule has 0 aromatic heterocycles. The number of hydrogen-bond acceptors (Lipinski definition) is 4. The van der Waals surface area contributed by atoms with Gasteiger partial charge in [0.25, 0.3) is 0 Å². The molecule has 1 unspecified atom stereocenters. The molecule has 5 heteroatoms. The minimum atomic E-state index is -0.782. The number of nitrogens with one attached hydrogen (secondary N) is 1. The minimum Gasteiger partial charge on any atom is -0.388 e. The first-order chi connectivity index (χ1) is 9.09. The number of hydrogen-bond donors (Lipinski definition) is 3. The van der Waals surface area contributed by atoms with Crippen molar-refractivity contribution in [1.29, 1.82) is 0 Å². The summed E-state index contributed by atoms with van der Waals surface area (Å²) in [6, 6.07) is 0. The van der Waals surface area contributed by atoms with Crippen molar-refractivity contribution < 1.29 is 14.6 Å². The van der Waals surface area contributed by atoms with Gasteiger partial charge in [-0.3, -0.25) is 4.79 Å². The molecular weight excluding hydrogens is 244 g/mol.